The highest BCUT2D eigenvalue weighted by Crippen LogP contribution is 2.41. The molecule has 1 aromatic carbocycles. The van der Waals surface area contributed by atoms with E-state index in [-0.39, 0.29) is 102 Å². The van der Waals surface area contributed by atoms with Crippen LogP contribution in [0.4, 0.5) is 0 Å². The number of nitrogens with zero attached hydrogens (tertiary/aromatic N) is 6. The number of β-amino-alcohol motifs (C(OH)–C–C–N with tert-alkyl or cyclic N) is 1. The number of rotatable bonds is 24. The first-order chi connectivity index (χ1) is 38.8. The van der Waals surface area contributed by atoms with Crippen molar-refractivity contribution in [2.24, 2.45) is 44.6 Å². The Morgan fingerprint density at radius 2 is 1.41 bits per heavy atom. The Kier molecular flexibility index (Phi) is 21.4. The van der Waals surface area contributed by atoms with E-state index in [1.54, 1.807) is 35.7 Å². The van der Waals surface area contributed by atoms with Gasteiger partial charge in [0.25, 0.3) is 0 Å². The molecule has 2 aromatic rings. The number of aliphatic imine (C=N–C) groups is 2. The lowest BCUT2D eigenvalue weighted by atomic mass is 9.84. The van der Waals surface area contributed by atoms with E-state index in [1.807, 2.05) is 6.07 Å². The normalized spacial score (nSPS) is 23.6. The van der Waals surface area contributed by atoms with Gasteiger partial charge in [-0.05, 0) is 86.3 Å². The first-order valence-corrected chi connectivity index (χ1v) is 28.5. The number of hydrogen-bond donors (Lipinski definition) is 12. The average molecular weight is 1150 g/mol. The molecule has 0 bridgehead atoms. The summed E-state index contributed by atoms with van der Waals surface area (Å²) in [7, 11) is 0. The topological polar surface area (TPSA) is 430 Å². The van der Waals surface area contributed by atoms with E-state index in [1.165, 1.54) is 30.9 Å². The second-order valence-electron chi connectivity index (χ2n) is 21.4. The molecule has 4 fully saturated rings. The van der Waals surface area contributed by atoms with Gasteiger partial charge in [0, 0.05) is 62.9 Å². The zero-order valence-electron chi connectivity index (χ0n) is 45.2. The molecule has 3 saturated heterocycles. The van der Waals surface area contributed by atoms with Gasteiger partial charge in [0.2, 0.25) is 47.3 Å². The van der Waals surface area contributed by atoms with Crippen molar-refractivity contribution in [1.82, 2.24) is 40.9 Å². The van der Waals surface area contributed by atoms with Crippen LogP contribution in [0, 0.1) is 5.92 Å². The molecule has 1 saturated carbocycles. The van der Waals surface area contributed by atoms with Crippen molar-refractivity contribution < 1.29 is 58.5 Å². The minimum absolute atomic E-state index is 0.0129. The SMILES string of the molecule is NC(N)=NCCC[C@H](NC(=O)[C@@H]1C[C@@H]2CCCC[C@@H]2N1C(=O)[C@H]1Cc2ccccc2CN1C(=O)[C@H](CO)NC(=O)[C@H](Cc1cccs1)NC(=O)CNC(=O)[C@@H]1C[C@@H](O)CN1C(=O)[C@@H]1CCCN1C(=O)[C@@H](N)CCCN=C(N)N)C(=O)O. The summed E-state index contributed by atoms with van der Waals surface area (Å²) in [4.78, 5) is 140. The fourth-order valence-corrected chi connectivity index (χ4v) is 12.6. The zero-order valence-corrected chi connectivity index (χ0v) is 46.1. The maximum Gasteiger partial charge on any atom is 0.326 e. The number of aliphatic hydroxyl groups excluding tert-OH is 2. The highest BCUT2D eigenvalue weighted by atomic mass is 32.1. The van der Waals surface area contributed by atoms with Crippen LogP contribution in [0.1, 0.15) is 93.1 Å². The molecule has 1 aliphatic carbocycles. The summed E-state index contributed by atoms with van der Waals surface area (Å²) < 4.78 is 0. The number of carboxylic acids is 1. The molecule has 28 heteroatoms. The standard InChI is InChI=1S/C53H77N15O12S/c54-34(13-5-17-59-52(55)56)47(75)65-19-7-16-39(65)49(77)67-27-32(70)23-40(67)45(73)61-25-43(71)62-36(24-33-12-8-20-81-33)44(72)64-37(28-69)48(76)66-26-31-11-2-1-9-29(31)21-42(66)50(78)68-38-15-4-3-10-30(38)22-41(68)46(74)63-35(51(79)80)14-6-18-60-53(57)58/h1-2,8-9,11-12,20,30,32,34-42,69-70H,3-7,10,13-19,21-28,54H2,(H,61,73)(H,62,71)(H,63,74)(H,64,72)(H,79,80)(H4,55,56,59)(H4,57,58,60)/t30-,32+,34-,35-,36-,37-,38-,39-,40-,41-,42+/m0/s1. The average Bonchev–Trinajstić information content (AvgIpc) is 4.40. The molecule has 7 rings (SSSR count). The van der Waals surface area contributed by atoms with Crippen molar-refractivity contribution in [1.29, 1.82) is 0 Å². The van der Waals surface area contributed by atoms with Gasteiger partial charge >= 0.3 is 5.97 Å². The van der Waals surface area contributed by atoms with Gasteiger partial charge in [-0.2, -0.15) is 0 Å². The first kappa shape index (κ1) is 61.2. The number of fused-ring (bicyclic) bond motifs is 2. The summed E-state index contributed by atoms with van der Waals surface area (Å²) in [5, 5.41) is 43.8. The number of thiophene rings is 1. The minimum Gasteiger partial charge on any atom is -0.480 e. The van der Waals surface area contributed by atoms with Crippen LogP contribution < -0.4 is 49.9 Å². The van der Waals surface area contributed by atoms with E-state index in [0.29, 0.717) is 36.1 Å². The molecule has 442 valence electrons. The van der Waals surface area contributed by atoms with Crippen LogP contribution in [0.15, 0.2) is 51.8 Å². The monoisotopic (exact) mass is 1150 g/mol. The van der Waals surface area contributed by atoms with Crippen LogP contribution in [0.25, 0.3) is 0 Å². The molecule has 4 aliphatic heterocycles. The second kappa shape index (κ2) is 28.3. The van der Waals surface area contributed by atoms with E-state index in [0.717, 1.165) is 24.8 Å². The Morgan fingerprint density at radius 3 is 2.09 bits per heavy atom. The number of likely N-dealkylation sites (tertiary alicyclic amines) is 3. The van der Waals surface area contributed by atoms with E-state index in [2.05, 4.69) is 31.3 Å². The number of nitrogens with one attached hydrogen (secondary N) is 4. The van der Waals surface area contributed by atoms with Crippen molar-refractivity contribution >= 4 is 76.5 Å². The molecule has 27 nitrogen and oxygen atoms in total. The Hall–Kier alpha value is -7.43. The molecule has 5 heterocycles. The summed E-state index contributed by atoms with van der Waals surface area (Å²) in [6, 6.07) is 0.659. The van der Waals surface area contributed by atoms with E-state index in [4.69, 9.17) is 28.7 Å². The van der Waals surface area contributed by atoms with E-state index >= 15 is 4.79 Å². The predicted molar refractivity (Wildman–Crippen MR) is 296 cm³/mol. The number of benzene rings is 1. The summed E-state index contributed by atoms with van der Waals surface area (Å²) in [6.45, 7) is -1.22. The fourth-order valence-electron chi connectivity index (χ4n) is 11.9. The number of carbonyl (C=O) groups is 9. The lowest BCUT2D eigenvalue weighted by molar-refractivity contribution is -0.153. The zero-order chi connectivity index (χ0) is 58.5. The summed E-state index contributed by atoms with van der Waals surface area (Å²) in [5.41, 5.74) is 29.3. The number of guanidine groups is 2. The summed E-state index contributed by atoms with van der Waals surface area (Å²) in [6.07, 6.45) is 3.74. The van der Waals surface area contributed by atoms with Crippen molar-refractivity contribution in [3.8, 4) is 0 Å². The van der Waals surface area contributed by atoms with Gasteiger partial charge in [-0.25, -0.2) is 4.79 Å². The van der Waals surface area contributed by atoms with Crippen LogP contribution in [0.2, 0.25) is 0 Å². The number of aliphatic carboxylic acids is 1. The maximum absolute atomic E-state index is 15.3. The molecule has 81 heavy (non-hydrogen) atoms. The third-order valence-electron chi connectivity index (χ3n) is 15.8. The van der Waals surface area contributed by atoms with Gasteiger partial charge in [0.1, 0.15) is 42.3 Å². The molecule has 0 radical (unpaired) electrons. The van der Waals surface area contributed by atoms with Gasteiger partial charge in [0.05, 0.1) is 25.3 Å². The van der Waals surface area contributed by atoms with Crippen LogP contribution in [-0.4, -0.2) is 200 Å². The summed E-state index contributed by atoms with van der Waals surface area (Å²) in [5.74, 6) is -7.05. The number of carboxylic acid groups (broad SMARTS) is 1. The Balaban J connectivity index is 1.03. The fraction of sp³-hybridized carbons (Fsp3) is 0.604. The highest BCUT2D eigenvalue weighted by molar-refractivity contribution is 7.09. The highest BCUT2D eigenvalue weighted by Gasteiger charge is 2.52. The molecule has 0 unspecified atom stereocenters. The predicted octanol–water partition coefficient (Wildman–Crippen LogP) is -3.56. The lowest BCUT2D eigenvalue weighted by Gasteiger charge is -2.42. The van der Waals surface area contributed by atoms with Crippen molar-refractivity contribution in [3.63, 3.8) is 0 Å². The number of amides is 8. The smallest absolute Gasteiger partial charge is 0.326 e. The van der Waals surface area contributed by atoms with Gasteiger partial charge in [-0.1, -0.05) is 43.2 Å². The first-order valence-electron chi connectivity index (χ1n) is 27.6. The Labute approximate surface area is 472 Å². The second-order valence-corrected chi connectivity index (χ2v) is 22.5. The molecular weight excluding hydrogens is 1070 g/mol. The van der Waals surface area contributed by atoms with Crippen LogP contribution in [0.3, 0.4) is 0 Å². The van der Waals surface area contributed by atoms with Gasteiger partial charge in [-0.3, -0.25) is 48.3 Å². The Bertz CT molecular complexity index is 2670. The number of nitrogens with two attached hydrogens (primary N) is 5. The largest absolute Gasteiger partial charge is 0.480 e. The summed E-state index contributed by atoms with van der Waals surface area (Å²) >= 11 is 1.29. The molecular formula is C53H77N15O12S. The van der Waals surface area contributed by atoms with Crippen molar-refractivity contribution in [2.75, 3.05) is 39.3 Å². The Morgan fingerprint density at radius 1 is 0.704 bits per heavy atom. The molecule has 5 aliphatic rings. The van der Waals surface area contributed by atoms with E-state index < -0.39 is 121 Å². The number of carbonyl (C=O) groups excluding carboxylic acids is 8. The van der Waals surface area contributed by atoms with Crippen LogP contribution in [0.5, 0.6) is 0 Å². The van der Waals surface area contributed by atoms with Crippen molar-refractivity contribution in [2.45, 2.75) is 157 Å². The quantitative estimate of drug-likeness (QED) is 0.0275. The molecule has 17 N–H and O–H groups in total. The molecule has 0 spiro atoms. The van der Waals surface area contributed by atoms with Crippen LogP contribution >= 0.6 is 11.3 Å². The molecule has 11 atom stereocenters. The number of aliphatic hydroxyl groups is 2. The van der Waals surface area contributed by atoms with Crippen LogP contribution in [-0.2, 0) is 62.5 Å². The maximum atomic E-state index is 15.3. The minimum atomic E-state index is -1.63. The third-order valence-corrected chi connectivity index (χ3v) is 16.7. The molecule has 1 aromatic heterocycles. The van der Waals surface area contributed by atoms with Gasteiger partial charge in [-0.15, -0.1) is 11.3 Å². The lowest BCUT2D eigenvalue weighted by Crippen LogP contribution is -2.63. The van der Waals surface area contributed by atoms with E-state index in [9.17, 15) is 53.7 Å². The van der Waals surface area contributed by atoms with Gasteiger partial charge < -0.3 is 84.9 Å². The number of hydrogen-bond acceptors (Lipinski definition) is 15. The van der Waals surface area contributed by atoms with Crippen molar-refractivity contribution in [3.05, 3.63) is 57.8 Å². The third kappa shape index (κ3) is 15.5. The molecule has 8 amide bonds. The van der Waals surface area contributed by atoms with Gasteiger partial charge in [0.15, 0.2) is 11.9 Å².